The number of amides is 1. The van der Waals surface area contributed by atoms with E-state index in [0.29, 0.717) is 17.7 Å². The highest BCUT2D eigenvalue weighted by Crippen LogP contribution is 2.34. The van der Waals surface area contributed by atoms with Crippen LogP contribution in [-0.2, 0) is 0 Å². The fourth-order valence-corrected chi connectivity index (χ4v) is 1.44. The summed E-state index contributed by atoms with van der Waals surface area (Å²) in [5, 5.41) is 2.98. The van der Waals surface area contributed by atoms with Gasteiger partial charge in [-0.25, -0.2) is 0 Å². The van der Waals surface area contributed by atoms with E-state index in [4.69, 9.17) is 5.73 Å². The molecule has 0 bridgehead atoms. The van der Waals surface area contributed by atoms with E-state index in [1.165, 1.54) is 0 Å². The number of nitrogens with one attached hydrogen (secondary N) is 1. The van der Waals surface area contributed by atoms with Crippen molar-refractivity contribution in [2.45, 2.75) is 25.3 Å². The Balaban J connectivity index is 2.12. The van der Waals surface area contributed by atoms with Gasteiger partial charge in [0, 0.05) is 23.5 Å². The summed E-state index contributed by atoms with van der Waals surface area (Å²) in [6, 6.07) is 1.73. The maximum absolute atomic E-state index is 11.9. The van der Waals surface area contributed by atoms with Crippen LogP contribution in [0.3, 0.4) is 0 Å². The van der Waals surface area contributed by atoms with E-state index in [0.717, 1.165) is 12.8 Å². The van der Waals surface area contributed by atoms with Crippen molar-refractivity contribution < 1.29 is 4.79 Å². The average Bonchev–Trinajstić information content (AvgIpc) is 3.04. The van der Waals surface area contributed by atoms with E-state index in [-0.39, 0.29) is 11.4 Å². The molecule has 3 N–H and O–H groups in total. The Labute approximate surface area is 101 Å². The van der Waals surface area contributed by atoms with Crippen molar-refractivity contribution in [3.8, 4) is 11.8 Å². The molecule has 17 heavy (non-hydrogen) atoms. The zero-order chi connectivity index (χ0) is 12.3. The monoisotopic (exact) mass is 229 g/mol. The number of hydrogen-bond donors (Lipinski definition) is 2. The molecule has 0 spiro atoms. The minimum Gasteiger partial charge on any atom is -0.347 e. The Bertz CT molecular complexity index is 495. The molecule has 4 nitrogen and oxygen atoms in total. The van der Waals surface area contributed by atoms with Gasteiger partial charge in [0.15, 0.2) is 0 Å². The third-order valence-electron chi connectivity index (χ3n) is 2.75. The second-order valence-corrected chi connectivity index (χ2v) is 4.48. The molecular formula is C13H15N3O. The summed E-state index contributed by atoms with van der Waals surface area (Å²) < 4.78 is 0. The van der Waals surface area contributed by atoms with Crippen LogP contribution >= 0.6 is 0 Å². The van der Waals surface area contributed by atoms with E-state index < -0.39 is 0 Å². The molecule has 1 aromatic rings. The lowest BCUT2D eigenvalue weighted by molar-refractivity contribution is 0.0935. The molecule has 2 rings (SSSR count). The molecule has 1 saturated carbocycles. The van der Waals surface area contributed by atoms with Crippen LogP contribution in [0.1, 0.15) is 35.7 Å². The number of aromatic nitrogens is 1. The zero-order valence-electron chi connectivity index (χ0n) is 9.79. The van der Waals surface area contributed by atoms with E-state index in [1.807, 2.05) is 6.92 Å². The van der Waals surface area contributed by atoms with Gasteiger partial charge in [-0.3, -0.25) is 9.78 Å². The van der Waals surface area contributed by atoms with Crippen molar-refractivity contribution in [1.82, 2.24) is 10.3 Å². The fourth-order valence-electron chi connectivity index (χ4n) is 1.44. The zero-order valence-corrected chi connectivity index (χ0v) is 9.79. The Morgan fingerprint density at radius 1 is 1.59 bits per heavy atom. The number of hydrogen-bond acceptors (Lipinski definition) is 3. The molecule has 1 fully saturated rings. The Morgan fingerprint density at radius 2 is 2.35 bits per heavy atom. The molecule has 88 valence electrons. The van der Waals surface area contributed by atoms with Crippen LogP contribution < -0.4 is 11.1 Å². The largest absolute Gasteiger partial charge is 0.347 e. The second kappa shape index (κ2) is 4.56. The summed E-state index contributed by atoms with van der Waals surface area (Å²) in [5.41, 5.74) is 6.53. The molecule has 0 atom stereocenters. The van der Waals surface area contributed by atoms with Crippen molar-refractivity contribution in [3.63, 3.8) is 0 Å². The predicted octanol–water partition coefficient (Wildman–Crippen LogP) is 0.674. The third-order valence-corrected chi connectivity index (χ3v) is 2.75. The molecular weight excluding hydrogens is 214 g/mol. The molecule has 0 saturated heterocycles. The Morgan fingerprint density at radius 3 is 3.00 bits per heavy atom. The smallest absolute Gasteiger partial charge is 0.253 e. The Kier molecular flexibility index (Phi) is 3.12. The molecule has 4 heteroatoms. The van der Waals surface area contributed by atoms with Crippen LogP contribution in [0, 0.1) is 11.8 Å². The van der Waals surface area contributed by atoms with Gasteiger partial charge in [-0.1, -0.05) is 11.8 Å². The summed E-state index contributed by atoms with van der Waals surface area (Å²) in [5.74, 6) is 5.51. The van der Waals surface area contributed by atoms with Crippen molar-refractivity contribution in [2.24, 2.45) is 5.73 Å². The highest BCUT2D eigenvalue weighted by molar-refractivity contribution is 5.94. The van der Waals surface area contributed by atoms with Gasteiger partial charge in [-0.15, -0.1) is 0 Å². The second-order valence-electron chi connectivity index (χ2n) is 4.48. The van der Waals surface area contributed by atoms with Gasteiger partial charge in [0.25, 0.3) is 5.91 Å². The van der Waals surface area contributed by atoms with Crippen molar-refractivity contribution in [1.29, 1.82) is 0 Å². The Hall–Kier alpha value is -1.86. The first-order valence-electron chi connectivity index (χ1n) is 5.59. The van der Waals surface area contributed by atoms with Gasteiger partial charge in [0.1, 0.15) is 0 Å². The summed E-state index contributed by atoms with van der Waals surface area (Å²) >= 11 is 0. The highest BCUT2D eigenvalue weighted by atomic mass is 16.1. The van der Waals surface area contributed by atoms with Crippen LogP contribution in [0.2, 0.25) is 0 Å². The average molecular weight is 229 g/mol. The first-order valence-corrected chi connectivity index (χ1v) is 5.59. The van der Waals surface area contributed by atoms with Crippen molar-refractivity contribution in [2.75, 3.05) is 6.54 Å². The maximum atomic E-state index is 11.9. The predicted molar refractivity (Wildman–Crippen MR) is 65.3 cm³/mol. The van der Waals surface area contributed by atoms with Crippen molar-refractivity contribution >= 4 is 5.91 Å². The number of nitrogens with zero attached hydrogens (tertiary/aromatic N) is 1. The van der Waals surface area contributed by atoms with Gasteiger partial charge < -0.3 is 11.1 Å². The van der Waals surface area contributed by atoms with Crippen LogP contribution in [0.5, 0.6) is 0 Å². The quantitative estimate of drug-likeness (QED) is 0.733. The fraction of sp³-hybridized carbons (Fsp3) is 0.385. The summed E-state index contributed by atoms with van der Waals surface area (Å²) in [7, 11) is 0. The van der Waals surface area contributed by atoms with Crippen molar-refractivity contribution in [3.05, 3.63) is 29.6 Å². The molecule has 0 aliphatic heterocycles. The first kappa shape index (κ1) is 11.6. The minimum absolute atomic E-state index is 0.0178. The van der Waals surface area contributed by atoms with Gasteiger partial charge in [-0.2, -0.15) is 0 Å². The molecule has 0 radical (unpaired) electrons. The van der Waals surface area contributed by atoms with E-state index >= 15 is 0 Å². The molecule has 1 amide bonds. The van der Waals surface area contributed by atoms with Crippen LogP contribution in [0.15, 0.2) is 18.5 Å². The highest BCUT2D eigenvalue weighted by Gasteiger charge is 2.38. The maximum Gasteiger partial charge on any atom is 0.253 e. The summed E-state index contributed by atoms with van der Waals surface area (Å²) in [6.07, 6.45) is 5.25. The molecule has 1 aliphatic rings. The SMILES string of the molecule is CC1(NC(=O)c2cncc(C#CCN)c2)CC1. The normalized spacial score (nSPS) is 15.6. The molecule has 1 aliphatic carbocycles. The van der Waals surface area contributed by atoms with Crippen LogP contribution in [-0.4, -0.2) is 23.0 Å². The third kappa shape index (κ3) is 3.05. The summed E-state index contributed by atoms with van der Waals surface area (Å²) in [4.78, 5) is 15.9. The van der Waals surface area contributed by atoms with Crippen LogP contribution in [0.25, 0.3) is 0 Å². The lowest BCUT2D eigenvalue weighted by Crippen LogP contribution is -2.34. The lowest BCUT2D eigenvalue weighted by Gasteiger charge is -2.10. The van der Waals surface area contributed by atoms with E-state index in [2.05, 4.69) is 22.1 Å². The van der Waals surface area contributed by atoms with Gasteiger partial charge in [-0.05, 0) is 25.8 Å². The molecule has 0 aromatic carbocycles. The molecule has 1 aromatic heterocycles. The molecule has 0 unspecified atom stereocenters. The van der Waals surface area contributed by atoms with E-state index in [9.17, 15) is 4.79 Å². The van der Waals surface area contributed by atoms with E-state index in [1.54, 1.807) is 18.5 Å². The first-order chi connectivity index (χ1) is 8.13. The number of rotatable bonds is 2. The topological polar surface area (TPSA) is 68.0 Å². The van der Waals surface area contributed by atoms with Crippen LogP contribution in [0.4, 0.5) is 0 Å². The lowest BCUT2D eigenvalue weighted by atomic mass is 10.2. The minimum atomic E-state index is -0.0890. The van der Waals surface area contributed by atoms with Gasteiger partial charge in [0.2, 0.25) is 0 Å². The number of nitrogens with two attached hydrogens (primary N) is 1. The molecule has 1 heterocycles. The standard InChI is InChI=1S/C13H15N3O/c1-13(4-5-13)16-12(17)11-7-10(3-2-6-14)8-15-9-11/h7-9H,4-6,14H2,1H3,(H,16,17). The number of carbonyl (C=O) groups is 1. The number of carbonyl (C=O) groups excluding carboxylic acids is 1. The summed E-state index contributed by atoms with van der Waals surface area (Å²) in [6.45, 7) is 2.34. The van der Waals surface area contributed by atoms with Gasteiger partial charge >= 0.3 is 0 Å². The van der Waals surface area contributed by atoms with Gasteiger partial charge in [0.05, 0.1) is 12.1 Å². The number of pyridine rings is 1.